The average Bonchev–Trinajstić information content (AvgIpc) is 3.02. The van der Waals surface area contributed by atoms with Crippen LogP contribution >= 0.6 is 20.8 Å². The van der Waals surface area contributed by atoms with Gasteiger partial charge in [-0.25, -0.2) is 0 Å². The number of aromatic nitrogens is 2. The zero-order chi connectivity index (χ0) is 30.0. The molecule has 5 nitrogen and oxygen atoms in total. The van der Waals surface area contributed by atoms with E-state index in [9.17, 15) is 8.42 Å². The van der Waals surface area contributed by atoms with Crippen LogP contribution in [-0.2, 0) is 16.2 Å². The molecule has 0 radical (unpaired) electrons. The van der Waals surface area contributed by atoms with Crippen LogP contribution in [0.1, 0.15) is 31.0 Å². The summed E-state index contributed by atoms with van der Waals surface area (Å²) in [6, 6.07) is 41.9. The Morgan fingerprint density at radius 2 is 1.12 bits per heavy atom. The van der Waals surface area contributed by atoms with Gasteiger partial charge in [0.2, 0.25) is 0 Å². The van der Waals surface area contributed by atoms with E-state index in [1.54, 1.807) is 0 Å². The second-order valence-corrected chi connectivity index (χ2v) is 21.8. The number of nitrogens with zero attached hydrogens (tertiary/aromatic N) is 3. The van der Waals surface area contributed by atoms with Crippen LogP contribution < -0.4 is 20.2 Å². The minimum absolute atomic E-state index is 0.000789. The van der Waals surface area contributed by atoms with Gasteiger partial charge < -0.3 is 0 Å². The van der Waals surface area contributed by atoms with Crippen molar-refractivity contribution in [3.63, 3.8) is 0 Å². The van der Waals surface area contributed by atoms with Crippen LogP contribution in [0.3, 0.4) is 0 Å². The Morgan fingerprint density at radius 3 is 1.50 bits per heavy atom. The van der Waals surface area contributed by atoms with Crippen LogP contribution in [0, 0.1) is 0 Å². The number of sulfonamides is 1. The molecule has 1 aromatic heterocycles. The van der Waals surface area contributed by atoms with Crippen LogP contribution in [0.2, 0.25) is 0 Å². The Balaban J connectivity index is 1.93. The van der Waals surface area contributed by atoms with Gasteiger partial charge in [-0.05, 0) is 0 Å². The first kappa shape index (κ1) is 30.1. The molecule has 0 atom stereocenters. The van der Waals surface area contributed by atoms with Crippen molar-refractivity contribution in [2.45, 2.75) is 25.9 Å². The number of hydrogen-bond donors (Lipinski definition) is 0. The van der Waals surface area contributed by atoms with E-state index in [1.165, 1.54) is 29.2 Å². The normalized spacial score (nSPS) is 13.0. The molecule has 4 aromatic carbocycles. The van der Waals surface area contributed by atoms with Gasteiger partial charge in [0.1, 0.15) is 0 Å². The van der Waals surface area contributed by atoms with Crippen molar-refractivity contribution in [1.82, 2.24) is 9.97 Å². The van der Waals surface area contributed by atoms with Crippen molar-refractivity contribution in [3.05, 3.63) is 133 Å². The van der Waals surface area contributed by atoms with E-state index < -0.39 is 15.3 Å². The maximum absolute atomic E-state index is 12.6. The number of halogens is 1. The Bertz CT molecular complexity index is 1690. The monoisotopic (exact) mass is 659 g/mol. The fourth-order valence-corrected chi connectivity index (χ4v) is 13.5. The second kappa shape index (κ2) is 11.7. The summed E-state index contributed by atoms with van der Waals surface area (Å²) in [5.41, 5.74) is 3.46. The van der Waals surface area contributed by atoms with Crippen molar-refractivity contribution < 1.29 is 8.42 Å². The quantitative estimate of drug-likeness (QED) is 0.160. The summed E-state index contributed by atoms with van der Waals surface area (Å²) in [6.07, 6.45) is 1.76. The molecule has 0 spiro atoms. The molecular formula is C34H35BrN3O2PS. The summed E-state index contributed by atoms with van der Waals surface area (Å²) in [4.78, 5) is 9.94. The van der Waals surface area contributed by atoms with Crippen molar-refractivity contribution in [3.8, 4) is 11.3 Å². The molecule has 0 bridgehead atoms. The van der Waals surface area contributed by atoms with Crippen LogP contribution in [0.15, 0.2) is 121 Å². The summed E-state index contributed by atoms with van der Waals surface area (Å²) in [6.45, 7) is 4.20. The maximum atomic E-state index is 12.6. The van der Waals surface area contributed by atoms with Crippen LogP contribution in [0.5, 0.6) is 0 Å². The molecule has 216 valence electrons. The Kier molecular flexibility index (Phi) is 8.39. The number of hydrogen-bond acceptors (Lipinski definition) is 4. The average molecular weight is 661 g/mol. The predicted molar refractivity (Wildman–Crippen MR) is 183 cm³/mol. The van der Waals surface area contributed by atoms with E-state index in [4.69, 9.17) is 9.97 Å². The zero-order valence-corrected chi connectivity index (χ0v) is 27.5. The van der Waals surface area contributed by atoms with Gasteiger partial charge in [0.25, 0.3) is 0 Å². The molecule has 0 saturated carbocycles. The van der Waals surface area contributed by atoms with E-state index in [0.29, 0.717) is 6.16 Å². The summed E-state index contributed by atoms with van der Waals surface area (Å²) in [5.74, 6) is 0.165. The van der Waals surface area contributed by atoms with E-state index in [2.05, 4.69) is 102 Å². The van der Waals surface area contributed by atoms with Crippen molar-refractivity contribution in [2.24, 2.45) is 0 Å². The number of rotatable bonds is 9. The first-order chi connectivity index (χ1) is 20.0. The Hall–Kier alpha value is -3.38. The second-order valence-electron chi connectivity index (χ2n) is 10.8. The van der Waals surface area contributed by atoms with E-state index >= 15 is 0 Å². The zero-order valence-electron chi connectivity index (χ0n) is 24.2. The van der Waals surface area contributed by atoms with Gasteiger partial charge in [0.15, 0.2) is 0 Å². The number of anilines is 1. The molecule has 5 aromatic rings. The van der Waals surface area contributed by atoms with Crippen molar-refractivity contribution in [1.29, 1.82) is 0 Å². The molecule has 0 fully saturated rings. The molecular weight excluding hydrogens is 625 g/mol. The summed E-state index contributed by atoms with van der Waals surface area (Å²) < 4.78 is 26.4. The van der Waals surface area contributed by atoms with Gasteiger partial charge in [-0.3, -0.25) is 0 Å². The topological polar surface area (TPSA) is 63.2 Å². The standard InChI is InChI=1S/C34H35BrN3O2PS/c1-26(2)32-31(33(27-17-9-5-10-18-27)37-34(36-32)38(3)42(4,39)40)25-41(35,28-19-11-6-12-20-28,29-21-13-7-14-22-29)30-23-15-8-16-24-30/h5-24,26H,25H2,1-4H3. The molecule has 0 aliphatic heterocycles. The Morgan fingerprint density at radius 1 is 0.714 bits per heavy atom. The van der Waals surface area contributed by atoms with Gasteiger partial charge in [-0.1, -0.05) is 0 Å². The first-order valence-electron chi connectivity index (χ1n) is 13.8. The fraction of sp³-hybridized carbons (Fsp3) is 0.176. The molecule has 0 saturated heterocycles. The molecule has 42 heavy (non-hydrogen) atoms. The summed E-state index contributed by atoms with van der Waals surface area (Å²) >= 11 is 4.59. The molecule has 0 amide bonds. The third-order valence-corrected chi connectivity index (χ3v) is 18.4. The molecule has 0 aliphatic rings. The van der Waals surface area contributed by atoms with E-state index in [-0.39, 0.29) is 11.9 Å². The van der Waals surface area contributed by atoms with Gasteiger partial charge in [0.05, 0.1) is 0 Å². The van der Waals surface area contributed by atoms with Gasteiger partial charge in [-0.2, -0.15) is 0 Å². The van der Waals surface area contributed by atoms with Crippen LogP contribution in [0.4, 0.5) is 5.95 Å². The van der Waals surface area contributed by atoms with E-state index in [1.807, 2.05) is 48.5 Å². The summed E-state index contributed by atoms with van der Waals surface area (Å²) in [7, 11) is -2.07. The SMILES string of the molecule is CC(C)c1nc(N(C)S(C)(=O)=O)nc(-c2ccccc2)c1CP(Br)(c1ccccc1)(c1ccccc1)c1ccccc1. The predicted octanol–water partition coefficient (Wildman–Crippen LogP) is 7.00. The number of benzene rings is 4. The molecule has 0 N–H and O–H groups in total. The molecule has 0 unspecified atom stereocenters. The third-order valence-electron chi connectivity index (χ3n) is 7.74. The minimum atomic E-state index is -3.58. The van der Waals surface area contributed by atoms with Crippen LogP contribution in [-0.4, -0.2) is 31.7 Å². The summed E-state index contributed by atoms with van der Waals surface area (Å²) in [5, 5.41) is 0.143. The molecule has 5 rings (SSSR count). The van der Waals surface area contributed by atoms with Gasteiger partial charge >= 0.3 is 258 Å². The molecule has 8 heteroatoms. The first-order valence-corrected chi connectivity index (χ1v) is 20.1. The van der Waals surface area contributed by atoms with Crippen LogP contribution in [0.25, 0.3) is 11.3 Å². The van der Waals surface area contributed by atoms with Crippen molar-refractivity contribution >= 4 is 52.7 Å². The van der Waals surface area contributed by atoms with Gasteiger partial charge in [0, 0.05) is 0 Å². The van der Waals surface area contributed by atoms with Crippen molar-refractivity contribution in [2.75, 3.05) is 17.6 Å². The molecule has 0 aliphatic carbocycles. The van der Waals surface area contributed by atoms with Gasteiger partial charge in [-0.15, -0.1) is 0 Å². The van der Waals surface area contributed by atoms with E-state index in [0.717, 1.165) is 26.8 Å². The third kappa shape index (κ3) is 5.42. The Labute approximate surface area is 257 Å². The molecule has 1 heterocycles. The fourth-order valence-electron chi connectivity index (χ4n) is 5.48.